The molecule has 1 rings (SSSR count). The second-order valence-electron chi connectivity index (χ2n) is 4.50. The Balaban J connectivity index is 2.37. The molecule has 0 aromatic heterocycles. The summed E-state index contributed by atoms with van der Waals surface area (Å²) < 4.78 is 0. The largest absolute Gasteiger partial charge is 0.480 e. The van der Waals surface area contributed by atoms with Crippen LogP contribution in [-0.2, 0) is 4.79 Å². The third kappa shape index (κ3) is 4.18. The van der Waals surface area contributed by atoms with E-state index in [2.05, 4.69) is 0 Å². The maximum Gasteiger partial charge on any atom is 0.320 e. The van der Waals surface area contributed by atoms with Crippen molar-refractivity contribution in [2.75, 3.05) is 0 Å². The quantitative estimate of drug-likeness (QED) is 0.614. The van der Waals surface area contributed by atoms with E-state index in [0.717, 1.165) is 25.7 Å². The fourth-order valence-electron chi connectivity index (χ4n) is 2.25. The highest BCUT2D eigenvalue weighted by atomic mass is 16.4. The summed E-state index contributed by atoms with van der Waals surface area (Å²) >= 11 is 0. The van der Waals surface area contributed by atoms with Gasteiger partial charge in [-0.3, -0.25) is 4.79 Å². The zero-order valence-electron chi connectivity index (χ0n) is 9.06. The molecule has 0 aromatic carbocycles. The normalized spacial score (nSPS) is 23.1. The number of hydrogen-bond donors (Lipinski definition) is 3. The van der Waals surface area contributed by atoms with Gasteiger partial charge in [0.25, 0.3) is 0 Å². The zero-order chi connectivity index (χ0) is 11.3. The van der Waals surface area contributed by atoms with Crippen molar-refractivity contribution in [3.05, 3.63) is 0 Å². The minimum absolute atomic E-state index is 0.181. The Hall–Kier alpha value is -0.610. The molecule has 0 radical (unpaired) electrons. The lowest BCUT2D eigenvalue weighted by molar-refractivity contribution is -0.139. The van der Waals surface area contributed by atoms with Crippen molar-refractivity contribution in [2.45, 2.75) is 57.1 Å². The van der Waals surface area contributed by atoms with Crippen molar-refractivity contribution in [1.29, 1.82) is 0 Å². The van der Waals surface area contributed by atoms with Gasteiger partial charge in [0.2, 0.25) is 0 Å². The molecule has 0 spiro atoms. The van der Waals surface area contributed by atoms with Gasteiger partial charge in [-0.25, -0.2) is 0 Å². The fraction of sp³-hybridized carbons (Fsp3) is 0.909. The van der Waals surface area contributed by atoms with Gasteiger partial charge in [-0.05, 0) is 25.2 Å². The van der Waals surface area contributed by atoms with Crippen molar-refractivity contribution < 1.29 is 15.0 Å². The van der Waals surface area contributed by atoms with Gasteiger partial charge in [-0.2, -0.15) is 0 Å². The van der Waals surface area contributed by atoms with Crippen LogP contribution < -0.4 is 5.73 Å². The molecule has 0 aliphatic heterocycles. The Kier molecular flexibility index (Phi) is 5.05. The Morgan fingerprint density at radius 3 is 2.27 bits per heavy atom. The lowest BCUT2D eigenvalue weighted by Gasteiger charge is -2.22. The number of carbonyl (C=O) groups is 1. The number of aliphatic carboxylic acids is 1. The molecular weight excluding hydrogens is 194 g/mol. The van der Waals surface area contributed by atoms with Crippen LogP contribution in [-0.4, -0.2) is 28.3 Å². The van der Waals surface area contributed by atoms with Crippen LogP contribution in [0.3, 0.4) is 0 Å². The molecule has 0 bridgehead atoms. The van der Waals surface area contributed by atoms with Gasteiger partial charge < -0.3 is 15.9 Å². The average molecular weight is 215 g/mol. The van der Waals surface area contributed by atoms with E-state index in [1.807, 2.05) is 0 Å². The number of carboxylic acid groups (broad SMARTS) is 1. The standard InChI is InChI=1S/C11H21NO3/c12-9(11(14)15)7-10(13)8-5-3-1-2-4-6-8/h8-10,13H,1-7,12H2,(H,14,15). The number of aliphatic hydroxyl groups excluding tert-OH is 1. The molecule has 0 heterocycles. The van der Waals surface area contributed by atoms with Crippen LogP contribution in [0.2, 0.25) is 0 Å². The Morgan fingerprint density at radius 2 is 1.80 bits per heavy atom. The molecule has 1 saturated carbocycles. The molecule has 2 atom stereocenters. The molecule has 4 N–H and O–H groups in total. The topological polar surface area (TPSA) is 83.5 Å². The van der Waals surface area contributed by atoms with E-state index in [4.69, 9.17) is 10.8 Å². The summed E-state index contributed by atoms with van der Waals surface area (Å²) in [6.45, 7) is 0. The van der Waals surface area contributed by atoms with E-state index in [1.54, 1.807) is 0 Å². The van der Waals surface area contributed by atoms with Gasteiger partial charge >= 0.3 is 5.97 Å². The molecule has 1 aliphatic rings. The highest BCUT2D eigenvalue weighted by molar-refractivity contribution is 5.73. The first kappa shape index (κ1) is 12.5. The summed E-state index contributed by atoms with van der Waals surface area (Å²) in [7, 11) is 0. The predicted octanol–water partition coefficient (Wildman–Crippen LogP) is 1.12. The van der Waals surface area contributed by atoms with Crippen molar-refractivity contribution in [2.24, 2.45) is 11.7 Å². The van der Waals surface area contributed by atoms with Crippen LogP contribution in [0, 0.1) is 5.92 Å². The van der Waals surface area contributed by atoms with Gasteiger partial charge in [-0.1, -0.05) is 25.7 Å². The van der Waals surface area contributed by atoms with Crippen LogP contribution in [0.25, 0.3) is 0 Å². The van der Waals surface area contributed by atoms with Crippen LogP contribution in [0.15, 0.2) is 0 Å². The lowest BCUT2D eigenvalue weighted by Crippen LogP contribution is -2.36. The summed E-state index contributed by atoms with van der Waals surface area (Å²) in [5.74, 6) is -0.777. The summed E-state index contributed by atoms with van der Waals surface area (Å²) in [5, 5.41) is 18.5. The second kappa shape index (κ2) is 6.08. The van der Waals surface area contributed by atoms with Crippen LogP contribution >= 0.6 is 0 Å². The first-order chi connectivity index (χ1) is 7.11. The average Bonchev–Trinajstić information content (AvgIpc) is 2.45. The summed E-state index contributed by atoms with van der Waals surface area (Å²) in [4.78, 5) is 10.5. The summed E-state index contributed by atoms with van der Waals surface area (Å²) in [6, 6.07) is -0.928. The van der Waals surface area contributed by atoms with Gasteiger partial charge in [0, 0.05) is 0 Å². The molecule has 0 saturated heterocycles. The van der Waals surface area contributed by atoms with Gasteiger partial charge in [0.1, 0.15) is 6.04 Å². The molecular formula is C11H21NO3. The van der Waals surface area contributed by atoms with Crippen LogP contribution in [0.5, 0.6) is 0 Å². The molecule has 15 heavy (non-hydrogen) atoms. The third-order valence-electron chi connectivity index (χ3n) is 3.26. The molecule has 88 valence electrons. The van der Waals surface area contributed by atoms with E-state index in [0.29, 0.717) is 0 Å². The number of rotatable bonds is 4. The number of nitrogens with two attached hydrogens (primary N) is 1. The molecule has 0 amide bonds. The van der Waals surface area contributed by atoms with E-state index in [9.17, 15) is 9.90 Å². The van der Waals surface area contributed by atoms with E-state index in [-0.39, 0.29) is 12.3 Å². The molecule has 2 unspecified atom stereocenters. The molecule has 1 aliphatic carbocycles. The Bertz CT molecular complexity index is 200. The monoisotopic (exact) mass is 215 g/mol. The van der Waals surface area contributed by atoms with Crippen molar-refractivity contribution in [3.63, 3.8) is 0 Å². The van der Waals surface area contributed by atoms with E-state index in [1.165, 1.54) is 12.8 Å². The number of aliphatic hydroxyl groups is 1. The summed E-state index contributed by atoms with van der Waals surface area (Å²) in [5.41, 5.74) is 5.40. The van der Waals surface area contributed by atoms with E-state index >= 15 is 0 Å². The van der Waals surface area contributed by atoms with Gasteiger partial charge in [0.15, 0.2) is 0 Å². The Labute approximate surface area is 90.5 Å². The molecule has 4 heteroatoms. The van der Waals surface area contributed by atoms with Crippen molar-refractivity contribution in [1.82, 2.24) is 0 Å². The number of carboxylic acids is 1. The fourth-order valence-corrected chi connectivity index (χ4v) is 2.25. The Morgan fingerprint density at radius 1 is 1.27 bits per heavy atom. The SMILES string of the molecule is NC(CC(O)C1CCCCCC1)C(=O)O. The van der Waals surface area contributed by atoms with Crippen molar-refractivity contribution in [3.8, 4) is 0 Å². The smallest absolute Gasteiger partial charge is 0.320 e. The lowest BCUT2D eigenvalue weighted by atomic mass is 9.90. The second-order valence-corrected chi connectivity index (χ2v) is 4.50. The van der Waals surface area contributed by atoms with Crippen LogP contribution in [0.4, 0.5) is 0 Å². The minimum Gasteiger partial charge on any atom is -0.480 e. The molecule has 1 fully saturated rings. The van der Waals surface area contributed by atoms with E-state index < -0.39 is 18.1 Å². The minimum atomic E-state index is -1.03. The highest BCUT2D eigenvalue weighted by Gasteiger charge is 2.24. The first-order valence-corrected chi connectivity index (χ1v) is 5.77. The zero-order valence-corrected chi connectivity index (χ0v) is 9.06. The van der Waals surface area contributed by atoms with Crippen molar-refractivity contribution >= 4 is 5.97 Å². The number of hydrogen-bond acceptors (Lipinski definition) is 3. The highest BCUT2D eigenvalue weighted by Crippen LogP contribution is 2.27. The summed E-state index contributed by atoms with van der Waals surface area (Å²) in [6.07, 6.45) is 6.39. The third-order valence-corrected chi connectivity index (χ3v) is 3.26. The maximum atomic E-state index is 10.5. The molecule has 4 nitrogen and oxygen atoms in total. The van der Waals surface area contributed by atoms with Crippen LogP contribution in [0.1, 0.15) is 44.9 Å². The molecule has 0 aromatic rings. The predicted molar refractivity (Wildman–Crippen MR) is 57.4 cm³/mol. The first-order valence-electron chi connectivity index (χ1n) is 5.77. The van der Waals surface area contributed by atoms with Gasteiger partial charge in [-0.15, -0.1) is 0 Å². The maximum absolute atomic E-state index is 10.5. The van der Waals surface area contributed by atoms with Gasteiger partial charge in [0.05, 0.1) is 6.10 Å².